The lowest BCUT2D eigenvalue weighted by Crippen LogP contribution is -2.51. The van der Waals surface area contributed by atoms with Crippen LogP contribution in [-0.2, 0) is 16.1 Å². The van der Waals surface area contributed by atoms with Gasteiger partial charge in [-0.2, -0.15) is 0 Å². The summed E-state index contributed by atoms with van der Waals surface area (Å²) in [4.78, 5) is 27.4. The Morgan fingerprint density at radius 1 is 1.10 bits per heavy atom. The largest absolute Gasteiger partial charge is 0.484 e. The van der Waals surface area contributed by atoms with Crippen molar-refractivity contribution >= 4 is 23.4 Å². The van der Waals surface area contributed by atoms with Crippen molar-refractivity contribution in [2.24, 2.45) is 0 Å². The van der Waals surface area contributed by atoms with E-state index in [9.17, 15) is 14.0 Å². The van der Waals surface area contributed by atoms with Crippen LogP contribution in [0.2, 0.25) is 5.02 Å². The molecule has 0 aromatic heterocycles. The van der Waals surface area contributed by atoms with Crippen LogP contribution in [0.1, 0.15) is 44.6 Å². The van der Waals surface area contributed by atoms with Crippen molar-refractivity contribution in [3.05, 3.63) is 64.9 Å². The number of halogens is 2. The first-order valence-corrected chi connectivity index (χ1v) is 11.0. The average Bonchev–Trinajstić information content (AvgIpc) is 2.78. The third kappa shape index (κ3) is 6.96. The molecule has 31 heavy (non-hydrogen) atoms. The summed E-state index contributed by atoms with van der Waals surface area (Å²) in [5.41, 5.74) is 0.858. The molecular weight excluding hydrogens is 419 g/mol. The minimum Gasteiger partial charge on any atom is -0.484 e. The quantitative estimate of drug-likeness (QED) is 0.638. The van der Waals surface area contributed by atoms with Crippen LogP contribution in [0, 0.1) is 5.82 Å². The second-order valence-corrected chi connectivity index (χ2v) is 8.35. The topological polar surface area (TPSA) is 58.6 Å². The third-order valence-electron chi connectivity index (χ3n) is 5.56. The zero-order valence-corrected chi connectivity index (χ0v) is 18.4. The van der Waals surface area contributed by atoms with Crippen LogP contribution in [0.4, 0.5) is 4.39 Å². The van der Waals surface area contributed by atoms with Crippen LogP contribution in [-0.4, -0.2) is 35.4 Å². The molecule has 2 aromatic rings. The van der Waals surface area contributed by atoms with Gasteiger partial charge in [-0.05, 0) is 61.7 Å². The fourth-order valence-electron chi connectivity index (χ4n) is 3.70. The van der Waals surface area contributed by atoms with E-state index in [1.54, 1.807) is 19.1 Å². The van der Waals surface area contributed by atoms with Gasteiger partial charge in [0.05, 0.1) is 0 Å². The molecule has 0 heterocycles. The highest BCUT2D eigenvalue weighted by Crippen LogP contribution is 2.19. The summed E-state index contributed by atoms with van der Waals surface area (Å²) in [7, 11) is 0. The average molecular weight is 447 g/mol. The van der Waals surface area contributed by atoms with E-state index in [0.717, 1.165) is 31.2 Å². The number of rotatable bonds is 8. The van der Waals surface area contributed by atoms with Crippen molar-refractivity contribution in [2.45, 2.75) is 57.7 Å². The summed E-state index contributed by atoms with van der Waals surface area (Å²) in [6.45, 7) is 1.73. The molecule has 1 N–H and O–H groups in total. The Labute approximate surface area is 187 Å². The number of amides is 2. The molecule has 1 aliphatic rings. The summed E-state index contributed by atoms with van der Waals surface area (Å²) in [6, 6.07) is 12.1. The van der Waals surface area contributed by atoms with Gasteiger partial charge in [0, 0.05) is 17.6 Å². The molecular formula is C24H28ClFN2O3. The number of carbonyl (C=O) groups excluding carboxylic acids is 2. The second kappa shape index (κ2) is 11.1. The van der Waals surface area contributed by atoms with E-state index >= 15 is 0 Å². The van der Waals surface area contributed by atoms with Gasteiger partial charge in [0.15, 0.2) is 6.61 Å². The predicted molar refractivity (Wildman–Crippen MR) is 118 cm³/mol. The van der Waals surface area contributed by atoms with Crippen LogP contribution in [0.3, 0.4) is 0 Å². The van der Waals surface area contributed by atoms with E-state index in [1.807, 2.05) is 12.1 Å². The van der Waals surface area contributed by atoms with Gasteiger partial charge in [0.25, 0.3) is 5.91 Å². The molecule has 2 aromatic carbocycles. The number of nitrogens with zero attached hydrogens (tertiary/aromatic N) is 1. The Morgan fingerprint density at radius 2 is 1.74 bits per heavy atom. The molecule has 0 unspecified atom stereocenters. The van der Waals surface area contributed by atoms with E-state index in [2.05, 4.69) is 5.32 Å². The maximum atomic E-state index is 13.1. The summed E-state index contributed by atoms with van der Waals surface area (Å²) in [5.74, 6) is -0.488. The van der Waals surface area contributed by atoms with Gasteiger partial charge in [0.2, 0.25) is 5.91 Å². The van der Waals surface area contributed by atoms with Crippen molar-refractivity contribution < 1.29 is 18.7 Å². The summed E-state index contributed by atoms with van der Waals surface area (Å²) < 4.78 is 18.6. The molecule has 3 rings (SSSR count). The molecule has 1 aliphatic carbocycles. The predicted octanol–water partition coefficient (Wildman–Crippen LogP) is 4.72. The number of ether oxygens (including phenoxy) is 1. The highest BCUT2D eigenvalue weighted by molar-refractivity contribution is 6.30. The molecule has 0 bridgehead atoms. The van der Waals surface area contributed by atoms with Gasteiger partial charge in [-0.25, -0.2) is 4.39 Å². The minimum absolute atomic E-state index is 0.159. The zero-order chi connectivity index (χ0) is 22.2. The molecule has 0 aliphatic heterocycles. The van der Waals surface area contributed by atoms with Crippen LogP contribution in [0.5, 0.6) is 5.75 Å². The Bertz CT molecular complexity index is 867. The van der Waals surface area contributed by atoms with Crippen molar-refractivity contribution in [1.29, 1.82) is 0 Å². The number of nitrogens with one attached hydrogen (secondary N) is 1. The molecule has 7 heteroatoms. The minimum atomic E-state index is -0.665. The van der Waals surface area contributed by atoms with E-state index in [1.165, 1.54) is 35.6 Å². The van der Waals surface area contributed by atoms with Gasteiger partial charge < -0.3 is 15.0 Å². The van der Waals surface area contributed by atoms with Gasteiger partial charge >= 0.3 is 0 Å². The zero-order valence-electron chi connectivity index (χ0n) is 17.7. The molecule has 166 valence electrons. The number of hydrogen-bond acceptors (Lipinski definition) is 3. The second-order valence-electron chi connectivity index (χ2n) is 7.91. The SMILES string of the molecule is C[C@H](C(=O)NC1CCCCC1)N(Cc1ccc(Cl)cc1)C(=O)COc1ccc(F)cc1. The third-order valence-corrected chi connectivity index (χ3v) is 5.81. The van der Waals surface area contributed by atoms with Crippen molar-refractivity contribution in [3.8, 4) is 5.75 Å². The smallest absolute Gasteiger partial charge is 0.261 e. The van der Waals surface area contributed by atoms with Crippen molar-refractivity contribution in [1.82, 2.24) is 10.2 Å². The highest BCUT2D eigenvalue weighted by Gasteiger charge is 2.28. The molecule has 1 saturated carbocycles. The van der Waals surface area contributed by atoms with E-state index in [-0.39, 0.29) is 36.8 Å². The fraction of sp³-hybridized carbons (Fsp3) is 0.417. The van der Waals surface area contributed by atoms with Gasteiger partial charge in [0.1, 0.15) is 17.6 Å². The van der Waals surface area contributed by atoms with Crippen molar-refractivity contribution in [3.63, 3.8) is 0 Å². The molecule has 5 nitrogen and oxygen atoms in total. The first-order chi connectivity index (χ1) is 14.9. The van der Waals surface area contributed by atoms with Crippen LogP contribution < -0.4 is 10.1 Å². The Morgan fingerprint density at radius 3 is 2.39 bits per heavy atom. The lowest BCUT2D eigenvalue weighted by Gasteiger charge is -2.31. The standard InChI is InChI=1S/C24H28ClFN2O3/c1-17(24(30)27-21-5-3-2-4-6-21)28(15-18-7-9-19(25)10-8-18)23(29)16-31-22-13-11-20(26)12-14-22/h7-14,17,21H,2-6,15-16H2,1H3,(H,27,30)/t17-/m1/s1. The number of benzene rings is 2. The lowest BCUT2D eigenvalue weighted by atomic mass is 9.95. The molecule has 0 radical (unpaired) electrons. The maximum Gasteiger partial charge on any atom is 0.261 e. The first kappa shape index (κ1) is 23.1. The molecule has 0 saturated heterocycles. The Hall–Kier alpha value is -2.60. The molecule has 2 amide bonds. The van der Waals surface area contributed by atoms with Crippen molar-refractivity contribution in [2.75, 3.05) is 6.61 Å². The normalized spacial score (nSPS) is 15.2. The van der Waals surface area contributed by atoms with Crippen LogP contribution in [0.25, 0.3) is 0 Å². The van der Waals surface area contributed by atoms with E-state index in [0.29, 0.717) is 10.8 Å². The van der Waals surface area contributed by atoms with Gasteiger partial charge in [-0.1, -0.05) is 43.0 Å². The van der Waals surface area contributed by atoms with Crippen LogP contribution >= 0.6 is 11.6 Å². The molecule has 1 atom stereocenters. The van der Waals surface area contributed by atoms with Gasteiger partial charge in [-0.15, -0.1) is 0 Å². The maximum absolute atomic E-state index is 13.1. The monoisotopic (exact) mass is 446 g/mol. The number of hydrogen-bond donors (Lipinski definition) is 1. The summed E-state index contributed by atoms with van der Waals surface area (Å²) in [6.07, 6.45) is 5.36. The Balaban J connectivity index is 1.69. The summed E-state index contributed by atoms with van der Waals surface area (Å²) >= 11 is 5.97. The molecule has 1 fully saturated rings. The van der Waals surface area contributed by atoms with Crippen LogP contribution in [0.15, 0.2) is 48.5 Å². The first-order valence-electron chi connectivity index (χ1n) is 10.6. The van der Waals surface area contributed by atoms with E-state index in [4.69, 9.17) is 16.3 Å². The Kier molecular flexibility index (Phi) is 8.29. The van der Waals surface area contributed by atoms with Gasteiger partial charge in [-0.3, -0.25) is 9.59 Å². The lowest BCUT2D eigenvalue weighted by molar-refractivity contribution is -0.142. The highest BCUT2D eigenvalue weighted by atomic mass is 35.5. The molecule has 0 spiro atoms. The summed E-state index contributed by atoms with van der Waals surface area (Å²) in [5, 5.41) is 3.69. The van der Waals surface area contributed by atoms with E-state index < -0.39 is 6.04 Å². The number of carbonyl (C=O) groups is 2. The fourth-order valence-corrected chi connectivity index (χ4v) is 3.82.